The molecule has 0 aromatic heterocycles. The second-order valence-electron chi connectivity index (χ2n) is 4.49. The van der Waals surface area contributed by atoms with Gasteiger partial charge in [-0.25, -0.2) is 0 Å². The smallest absolute Gasteiger partial charge is 0.115 e. The molecule has 1 unspecified atom stereocenters. The van der Waals surface area contributed by atoms with Crippen LogP contribution >= 0.6 is 0 Å². The van der Waals surface area contributed by atoms with Crippen molar-refractivity contribution in [3.8, 4) is 5.75 Å². The predicted octanol–water partition coefficient (Wildman–Crippen LogP) is 2.77. The van der Waals surface area contributed by atoms with E-state index in [0.717, 1.165) is 11.1 Å². The molecule has 2 aromatic carbocycles. The largest absolute Gasteiger partial charge is 0.508 e. The molecule has 100 valence electrons. The lowest BCUT2D eigenvalue weighted by atomic mass is 9.97. The molecule has 0 aliphatic heterocycles. The van der Waals surface area contributed by atoms with E-state index in [9.17, 15) is 5.11 Å². The Morgan fingerprint density at radius 3 is 2.42 bits per heavy atom. The zero-order chi connectivity index (χ0) is 13.7. The molecule has 0 aliphatic carbocycles. The van der Waals surface area contributed by atoms with Crippen LogP contribution in [-0.2, 0) is 4.74 Å². The lowest BCUT2D eigenvalue weighted by Gasteiger charge is -2.20. The van der Waals surface area contributed by atoms with Gasteiger partial charge in [-0.1, -0.05) is 36.4 Å². The van der Waals surface area contributed by atoms with Crippen LogP contribution in [0, 0.1) is 6.92 Å². The molecule has 3 heteroatoms. The third-order valence-corrected chi connectivity index (χ3v) is 3.07. The minimum atomic E-state index is -0.148. The van der Waals surface area contributed by atoms with E-state index < -0.39 is 0 Å². The molecule has 0 amide bonds. The third kappa shape index (κ3) is 3.34. The summed E-state index contributed by atoms with van der Waals surface area (Å²) >= 11 is 0. The molecule has 0 saturated carbocycles. The van der Waals surface area contributed by atoms with Crippen LogP contribution in [-0.4, -0.2) is 18.3 Å². The number of aryl methyl sites for hydroxylation is 1. The molecule has 0 aliphatic rings. The standard InChI is InChI=1S/C16H19NO2/c1-12-4-2-3-5-15(12)16(19-11-10-17)13-6-8-14(18)9-7-13/h2-9,16,18H,10-11,17H2,1H3. The van der Waals surface area contributed by atoms with Gasteiger partial charge in [0, 0.05) is 6.54 Å². The topological polar surface area (TPSA) is 55.5 Å². The lowest BCUT2D eigenvalue weighted by molar-refractivity contribution is 0.0860. The van der Waals surface area contributed by atoms with Crippen molar-refractivity contribution in [1.82, 2.24) is 0 Å². The average molecular weight is 257 g/mol. The molecule has 1 atom stereocenters. The van der Waals surface area contributed by atoms with Crippen LogP contribution < -0.4 is 5.73 Å². The maximum absolute atomic E-state index is 9.38. The van der Waals surface area contributed by atoms with E-state index in [0.29, 0.717) is 13.2 Å². The quantitative estimate of drug-likeness (QED) is 0.866. The zero-order valence-electron chi connectivity index (χ0n) is 11.0. The van der Waals surface area contributed by atoms with E-state index in [1.807, 2.05) is 24.3 Å². The molecular weight excluding hydrogens is 238 g/mol. The number of rotatable bonds is 5. The van der Waals surface area contributed by atoms with Gasteiger partial charge in [0.1, 0.15) is 11.9 Å². The van der Waals surface area contributed by atoms with Crippen LogP contribution in [0.5, 0.6) is 5.75 Å². The minimum Gasteiger partial charge on any atom is -0.508 e. The van der Waals surface area contributed by atoms with Gasteiger partial charge in [0.2, 0.25) is 0 Å². The SMILES string of the molecule is Cc1ccccc1C(OCCN)c1ccc(O)cc1. The van der Waals surface area contributed by atoms with Crippen molar-refractivity contribution in [2.75, 3.05) is 13.2 Å². The first kappa shape index (κ1) is 13.6. The third-order valence-electron chi connectivity index (χ3n) is 3.07. The van der Waals surface area contributed by atoms with Crippen molar-refractivity contribution in [1.29, 1.82) is 0 Å². The molecule has 0 bridgehead atoms. The highest BCUT2D eigenvalue weighted by molar-refractivity contribution is 5.37. The summed E-state index contributed by atoms with van der Waals surface area (Å²) in [6, 6.07) is 15.2. The molecule has 2 rings (SSSR count). The first-order valence-electron chi connectivity index (χ1n) is 6.38. The van der Waals surface area contributed by atoms with E-state index in [-0.39, 0.29) is 11.9 Å². The summed E-state index contributed by atoms with van der Waals surface area (Å²) in [4.78, 5) is 0. The lowest BCUT2D eigenvalue weighted by Crippen LogP contribution is -2.14. The number of aromatic hydroxyl groups is 1. The molecule has 19 heavy (non-hydrogen) atoms. The van der Waals surface area contributed by atoms with E-state index >= 15 is 0 Å². The molecular formula is C16H19NO2. The van der Waals surface area contributed by atoms with Gasteiger partial charge in [-0.05, 0) is 35.7 Å². The Kier molecular flexibility index (Phi) is 4.55. The van der Waals surface area contributed by atoms with Gasteiger partial charge in [-0.2, -0.15) is 0 Å². The summed E-state index contributed by atoms with van der Waals surface area (Å²) in [6.07, 6.45) is -0.148. The van der Waals surface area contributed by atoms with Gasteiger partial charge in [-0.3, -0.25) is 0 Å². The van der Waals surface area contributed by atoms with E-state index in [2.05, 4.69) is 19.1 Å². The highest BCUT2D eigenvalue weighted by Gasteiger charge is 2.16. The van der Waals surface area contributed by atoms with Crippen LogP contribution in [0.15, 0.2) is 48.5 Å². The fourth-order valence-electron chi connectivity index (χ4n) is 2.08. The number of ether oxygens (including phenoxy) is 1. The van der Waals surface area contributed by atoms with Crippen molar-refractivity contribution in [3.05, 3.63) is 65.2 Å². The maximum Gasteiger partial charge on any atom is 0.115 e. The summed E-state index contributed by atoms with van der Waals surface area (Å²) < 4.78 is 5.88. The normalized spacial score (nSPS) is 12.3. The number of phenolic OH excluding ortho intramolecular Hbond substituents is 1. The van der Waals surface area contributed by atoms with Crippen molar-refractivity contribution in [2.24, 2.45) is 5.73 Å². The van der Waals surface area contributed by atoms with Gasteiger partial charge < -0.3 is 15.6 Å². The van der Waals surface area contributed by atoms with Gasteiger partial charge in [0.25, 0.3) is 0 Å². The Bertz CT molecular complexity index is 523. The molecule has 0 radical (unpaired) electrons. The van der Waals surface area contributed by atoms with Crippen LogP contribution in [0.3, 0.4) is 0 Å². The Labute approximate surface area is 113 Å². The Morgan fingerprint density at radius 2 is 1.79 bits per heavy atom. The highest BCUT2D eigenvalue weighted by Crippen LogP contribution is 2.29. The Hall–Kier alpha value is -1.84. The number of nitrogens with two attached hydrogens (primary N) is 1. The summed E-state index contributed by atoms with van der Waals surface area (Å²) in [6.45, 7) is 3.05. The van der Waals surface area contributed by atoms with Gasteiger partial charge in [0.05, 0.1) is 6.61 Å². The van der Waals surface area contributed by atoms with E-state index in [1.54, 1.807) is 12.1 Å². The van der Waals surface area contributed by atoms with E-state index in [4.69, 9.17) is 10.5 Å². The molecule has 3 nitrogen and oxygen atoms in total. The average Bonchev–Trinajstić information content (AvgIpc) is 2.43. The van der Waals surface area contributed by atoms with Crippen molar-refractivity contribution in [3.63, 3.8) is 0 Å². The first-order chi connectivity index (χ1) is 9.22. The molecule has 0 fully saturated rings. The van der Waals surface area contributed by atoms with Gasteiger partial charge in [-0.15, -0.1) is 0 Å². The first-order valence-corrected chi connectivity index (χ1v) is 6.38. The van der Waals surface area contributed by atoms with Crippen LogP contribution in [0.2, 0.25) is 0 Å². The van der Waals surface area contributed by atoms with Crippen molar-refractivity contribution >= 4 is 0 Å². The Balaban J connectivity index is 2.35. The maximum atomic E-state index is 9.38. The van der Waals surface area contributed by atoms with Gasteiger partial charge in [0.15, 0.2) is 0 Å². The summed E-state index contributed by atoms with van der Waals surface area (Å²) in [5.41, 5.74) is 8.85. The number of phenols is 1. The minimum absolute atomic E-state index is 0.148. The Morgan fingerprint density at radius 1 is 1.11 bits per heavy atom. The van der Waals surface area contributed by atoms with Crippen molar-refractivity contribution < 1.29 is 9.84 Å². The van der Waals surface area contributed by atoms with Crippen LogP contribution in [0.1, 0.15) is 22.8 Å². The van der Waals surface area contributed by atoms with Crippen LogP contribution in [0.4, 0.5) is 0 Å². The van der Waals surface area contributed by atoms with Gasteiger partial charge >= 0.3 is 0 Å². The fraction of sp³-hybridized carbons (Fsp3) is 0.250. The predicted molar refractivity (Wildman–Crippen MR) is 76.1 cm³/mol. The van der Waals surface area contributed by atoms with Crippen LogP contribution in [0.25, 0.3) is 0 Å². The molecule has 0 heterocycles. The second-order valence-corrected chi connectivity index (χ2v) is 4.49. The van der Waals surface area contributed by atoms with Crippen molar-refractivity contribution in [2.45, 2.75) is 13.0 Å². The monoisotopic (exact) mass is 257 g/mol. The summed E-state index contributed by atoms with van der Waals surface area (Å²) in [5, 5.41) is 9.38. The summed E-state index contributed by atoms with van der Waals surface area (Å²) in [5.74, 6) is 0.256. The molecule has 0 spiro atoms. The molecule has 2 aromatic rings. The number of hydrogen-bond acceptors (Lipinski definition) is 3. The second kappa shape index (κ2) is 6.36. The number of benzene rings is 2. The fourth-order valence-corrected chi connectivity index (χ4v) is 2.08. The summed E-state index contributed by atoms with van der Waals surface area (Å²) in [7, 11) is 0. The molecule has 3 N–H and O–H groups in total. The number of hydrogen-bond donors (Lipinski definition) is 2. The van der Waals surface area contributed by atoms with E-state index in [1.165, 1.54) is 5.56 Å². The molecule has 0 saturated heterocycles. The highest BCUT2D eigenvalue weighted by atomic mass is 16.5. The zero-order valence-corrected chi connectivity index (χ0v) is 11.0.